The average molecular weight is 1020 g/mol. The summed E-state index contributed by atoms with van der Waals surface area (Å²) in [5, 5.41) is 23.2. The number of unbranched alkanes of at least 4 members (excludes halogenated alkanes) is 51. The summed E-state index contributed by atoms with van der Waals surface area (Å²) in [5.41, 5.74) is 0. The number of aliphatic hydroxyl groups is 2. The molecule has 0 saturated heterocycles. The number of carbonyl (C=O) groups is 2. The number of hydrogen-bond acceptors (Lipinski definition) is 5. The van der Waals surface area contributed by atoms with E-state index < -0.39 is 12.1 Å². The fourth-order valence-electron chi connectivity index (χ4n) is 10.5. The van der Waals surface area contributed by atoms with Crippen LogP contribution in [-0.4, -0.2) is 47.4 Å². The third-order valence-electron chi connectivity index (χ3n) is 15.6. The zero-order chi connectivity index (χ0) is 52.2. The van der Waals surface area contributed by atoms with Crippen molar-refractivity contribution in [3.05, 3.63) is 12.2 Å². The number of hydrogen-bond donors (Lipinski definition) is 3. The molecule has 0 aliphatic heterocycles. The molecule has 2 unspecified atom stereocenters. The van der Waals surface area contributed by atoms with Gasteiger partial charge in [-0.05, 0) is 32.1 Å². The van der Waals surface area contributed by atoms with E-state index in [0.29, 0.717) is 19.4 Å². The zero-order valence-electron chi connectivity index (χ0n) is 48.9. The minimum Gasteiger partial charge on any atom is -0.466 e. The minimum atomic E-state index is -0.842. The largest absolute Gasteiger partial charge is 0.466 e. The highest BCUT2D eigenvalue weighted by Crippen LogP contribution is 2.19. The van der Waals surface area contributed by atoms with Crippen LogP contribution in [0.3, 0.4) is 0 Å². The van der Waals surface area contributed by atoms with E-state index in [-0.39, 0.29) is 18.5 Å². The highest BCUT2D eigenvalue weighted by Gasteiger charge is 2.18. The van der Waals surface area contributed by atoms with Crippen LogP contribution in [0.5, 0.6) is 0 Å². The van der Waals surface area contributed by atoms with Gasteiger partial charge in [-0.15, -0.1) is 0 Å². The lowest BCUT2D eigenvalue weighted by Crippen LogP contribution is -2.45. The molecule has 428 valence electrons. The number of amides is 1. The van der Waals surface area contributed by atoms with E-state index in [0.717, 1.165) is 38.5 Å². The number of esters is 1. The molecule has 0 saturated carbocycles. The Morgan fingerprint density at radius 1 is 0.375 bits per heavy atom. The van der Waals surface area contributed by atoms with Gasteiger partial charge in [-0.25, -0.2) is 0 Å². The predicted octanol–water partition coefficient (Wildman–Crippen LogP) is 20.8. The normalized spacial score (nSPS) is 12.6. The van der Waals surface area contributed by atoms with Gasteiger partial charge in [0.1, 0.15) is 0 Å². The molecule has 6 heteroatoms. The molecule has 0 heterocycles. The summed E-state index contributed by atoms with van der Waals surface area (Å²) in [6.07, 6.45) is 75.6. The van der Waals surface area contributed by atoms with Gasteiger partial charge in [0.15, 0.2) is 0 Å². The van der Waals surface area contributed by atoms with Gasteiger partial charge in [-0.1, -0.05) is 341 Å². The number of rotatable bonds is 62. The van der Waals surface area contributed by atoms with Gasteiger partial charge >= 0.3 is 5.97 Å². The summed E-state index contributed by atoms with van der Waals surface area (Å²) in [6.45, 7) is 4.94. The Labute approximate surface area is 450 Å². The summed E-state index contributed by atoms with van der Waals surface area (Å²) >= 11 is 0. The van der Waals surface area contributed by atoms with Gasteiger partial charge < -0.3 is 20.3 Å². The van der Waals surface area contributed by atoms with E-state index in [2.05, 4.69) is 19.2 Å². The van der Waals surface area contributed by atoms with Crippen molar-refractivity contribution in [1.29, 1.82) is 0 Å². The van der Waals surface area contributed by atoms with Crippen LogP contribution in [-0.2, 0) is 14.3 Å². The maximum Gasteiger partial charge on any atom is 0.305 e. The summed E-state index contributed by atoms with van der Waals surface area (Å²) in [4.78, 5) is 24.5. The first-order valence-corrected chi connectivity index (χ1v) is 33.0. The van der Waals surface area contributed by atoms with Gasteiger partial charge in [0.05, 0.1) is 25.4 Å². The summed E-state index contributed by atoms with van der Waals surface area (Å²) < 4.78 is 5.48. The first-order valence-electron chi connectivity index (χ1n) is 33.0. The Balaban J connectivity index is 3.37. The van der Waals surface area contributed by atoms with Gasteiger partial charge in [0.25, 0.3) is 0 Å². The maximum absolute atomic E-state index is 12.5. The van der Waals surface area contributed by atoms with E-state index >= 15 is 0 Å². The number of aliphatic hydroxyl groups excluding tert-OH is 2. The molecule has 2 atom stereocenters. The van der Waals surface area contributed by atoms with Gasteiger partial charge in [-0.2, -0.15) is 0 Å². The van der Waals surface area contributed by atoms with Crippen molar-refractivity contribution in [2.24, 2.45) is 0 Å². The molecule has 0 spiro atoms. The van der Waals surface area contributed by atoms with Crippen LogP contribution in [0.25, 0.3) is 0 Å². The van der Waals surface area contributed by atoms with Crippen LogP contribution < -0.4 is 5.32 Å². The predicted molar refractivity (Wildman–Crippen MR) is 315 cm³/mol. The average Bonchev–Trinajstić information content (AvgIpc) is 3.38. The van der Waals surface area contributed by atoms with Crippen LogP contribution >= 0.6 is 0 Å². The van der Waals surface area contributed by atoms with Crippen LogP contribution in [0.2, 0.25) is 0 Å². The second-order valence-electron chi connectivity index (χ2n) is 22.8. The lowest BCUT2D eigenvalue weighted by molar-refractivity contribution is -0.143. The van der Waals surface area contributed by atoms with Gasteiger partial charge in [0, 0.05) is 12.8 Å². The van der Waals surface area contributed by atoms with E-state index in [4.69, 9.17) is 4.74 Å². The van der Waals surface area contributed by atoms with E-state index in [9.17, 15) is 19.8 Å². The minimum absolute atomic E-state index is 0.0183. The standard InChI is InChI=1S/C66H129NO5/c1-3-5-7-9-11-13-15-17-18-29-32-35-38-42-46-50-54-58-64(69)63(62-68)67-65(70)59-55-51-47-43-39-36-33-30-27-25-23-21-19-20-22-24-26-28-31-34-37-41-45-49-53-57-61-72-66(71)60-56-52-48-44-40-16-14-12-10-8-6-4-2/h54,58,63-64,68-69H,3-53,55-57,59-62H2,1-2H3,(H,67,70)/b58-54+. The molecular weight excluding hydrogens is 887 g/mol. The van der Waals surface area contributed by atoms with E-state index in [1.54, 1.807) is 6.08 Å². The van der Waals surface area contributed by atoms with Crippen molar-refractivity contribution in [2.75, 3.05) is 13.2 Å². The molecule has 0 aromatic carbocycles. The zero-order valence-corrected chi connectivity index (χ0v) is 48.9. The topological polar surface area (TPSA) is 95.9 Å². The highest BCUT2D eigenvalue weighted by atomic mass is 16.5. The second kappa shape index (κ2) is 62.1. The van der Waals surface area contributed by atoms with E-state index in [1.807, 2.05) is 6.08 Å². The number of nitrogens with one attached hydrogen (secondary N) is 1. The van der Waals surface area contributed by atoms with Crippen LogP contribution in [0, 0.1) is 0 Å². The highest BCUT2D eigenvalue weighted by molar-refractivity contribution is 5.76. The number of ether oxygens (including phenoxy) is 1. The number of allylic oxidation sites excluding steroid dienone is 1. The molecule has 0 radical (unpaired) electrons. The lowest BCUT2D eigenvalue weighted by Gasteiger charge is -2.20. The molecule has 72 heavy (non-hydrogen) atoms. The quantitative estimate of drug-likeness (QED) is 0.0320. The molecule has 0 aromatic heterocycles. The Kier molecular flexibility index (Phi) is 60.9. The summed E-state index contributed by atoms with van der Waals surface area (Å²) in [7, 11) is 0. The Morgan fingerprint density at radius 2 is 0.639 bits per heavy atom. The Morgan fingerprint density at radius 3 is 0.944 bits per heavy atom. The van der Waals surface area contributed by atoms with Crippen molar-refractivity contribution in [1.82, 2.24) is 5.32 Å². The van der Waals surface area contributed by atoms with Crippen molar-refractivity contribution < 1.29 is 24.5 Å². The SMILES string of the molecule is CCCCCCCCCCCCCCCCC/C=C/C(O)C(CO)NC(=O)CCCCCCCCCCCCCCCCCCCCCCCCCCCCOC(=O)CCCCCCCCCCCCCC. The summed E-state index contributed by atoms with van der Waals surface area (Å²) in [6, 6.07) is -0.625. The molecule has 0 fully saturated rings. The molecule has 0 aliphatic carbocycles. The molecule has 3 N–H and O–H groups in total. The fourth-order valence-corrected chi connectivity index (χ4v) is 10.5. The van der Waals surface area contributed by atoms with Crippen molar-refractivity contribution in [3.8, 4) is 0 Å². The molecule has 1 amide bonds. The monoisotopic (exact) mass is 1020 g/mol. The van der Waals surface area contributed by atoms with Crippen LogP contribution in [0.4, 0.5) is 0 Å². The Bertz CT molecular complexity index is 1080. The molecule has 0 rings (SSSR count). The van der Waals surface area contributed by atoms with Gasteiger partial charge in [-0.3, -0.25) is 9.59 Å². The lowest BCUT2D eigenvalue weighted by atomic mass is 10.0. The third-order valence-corrected chi connectivity index (χ3v) is 15.6. The molecule has 0 aromatic rings. The molecule has 6 nitrogen and oxygen atoms in total. The maximum atomic E-state index is 12.5. The Hall–Kier alpha value is -1.40. The number of carbonyl (C=O) groups excluding carboxylic acids is 2. The molecular formula is C66H129NO5. The third kappa shape index (κ3) is 57.9. The van der Waals surface area contributed by atoms with Crippen molar-refractivity contribution in [2.45, 2.75) is 386 Å². The van der Waals surface area contributed by atoms with Crippen LogP contribution in [0.1, 0.15) is 373 Å². The first kappa shape index (κ1) is 70.6. The van der Waals surface area contributed by atoms with Gasteiger partial charge in [0.2, 0.25) is 5.91 Å². The van der Waals surface area contributed by atoms with Crippen molar-refractivity contribution in [3.63, 3.8) is 0 Å². The first-order chi connectivity index (χ1) is 35.5. The smallest absolute Gasteiger partial charge is 0.305 e. The second-order valence-corrected chi connectivity index (χ2v) is 22.8. The summed E-state index contributed by atoms with van der Waals surface area (Å²) in [5.74, 6) is -0.0442. The molecule has 0 bridgehead atoms. The van der Waals surface area contributed by atoms with Crippen LogP contribution in [0.15, 0.2) is 12.2 Å². The molecule has 0 aliphatic rings. The fraction of sp³-hybridized carbons (Fsp3) is 0.939. The van der Waals surface area contributed by atoms with Crippen molar-refractivity contribution >= 4 is 11.9 Å². The van der Waals surface area contributed by atoms with E-state index in [1.165, 1.54) is 308 Å².